The lowest BCUT2D eigenvalue weighted by atomic mass is 10.1. The average Bonchev–Trinajstić information content (AvgIpc) is 2.68. The van der Waals surface area contributed by atoms with Gasteiger partial charge in [0, 0.05) is 24.2 Å². The Morgan fingerprint density at radius 3 is 2.84 bits per heavy atom. The number of nitrogens with two attached hydrogens (primary N) is 2. The summed E-state index contributed by atoms with van der Waals surface area (Å²) < 4.78 is 0. The van der Waals surface area contributed by atoms with Crippen molar-refractivity contribution in [3.05, 3.63) is 29.3 Å². The molecular formula is C13H15N3O3. The molecule has 0 aliphatic carbocycles. The molecule has 0 radical (unpaired) electrons. The number of amides is 2. The van der Waals surface area contributed by atoms with Gasteiger partial charge in [0.25, 0.3) is 5.91 Å². The van der Waals surface area contributed by atoms with E-state index in [1.165, 1.54) is 4.90 Å². The maximum atomic E-state index is 12.2. The monoisotopic (exact) mass is 261 g/mol. The van der Waals surface area contributed by atoms with Crippen molar-refractivity contribution in [3.63, 3.8) is 0 Å². The molecule has 1 atom stereocenters. The van der Waals surface area contributed by atoms with Crippen molar-refractivity contribution in [1.29, 1.82) is 0 Å². The first-order chi connectivity index (χ1) is 9.02. The van der Waals surface area contributed by atoms with Crippen LogP contribution in [0.25, 0.3) is 0 Å². The van der Waals surface area contributed by atoms with Crippen LogP contribution in [-0.4, -0.2) is 29.0 Å². The number of nitrogen functional groups attached to an aromatic ring is 1. The summed E-state index contributed by atoms with van der Waals surface area (Å²) in [6.07, 6.45) is 0.996. The van der Waals surface area contributed by atoms with Crippen molar-refractivity contribution in [2.24, 2.45) is 5.73 Å². The maximum absolute atomic E-state index is 12.2. The number of fused-ring (bicyclic) bond motifs is 1. The van der Waals surface area contributed by atoms with E-state index in [0.29, 0.717) is 24.1 Å². The third kappa shape index (κ3) is 2.57. The molecule has 0 saturated carbocycles. The summed E-state index contributed by atoms with van der Waals surface area (Å²) >= 11 is 0. The normalized spacial score (nSPS) is 15.2. The molecule has 1 heterocycles. The molecule has 4 N–H and O–H groups in total. The molecule has 0 bridgehead atoms. The van der Waals surface area contributed by atoms with Gasteiger partial charge in [-0.25, -0.2) is 0 Å². The SMILES string of the molecule is NC(=O)CCC(C=O)N1Cc2ccc(N)cc2C1=O. The third-order valence-corrected chi connectivity index (χ3v) is 3.21. The van der Waals surface area contributed by atoms with Gasteiger partial charge >= 0.3 is 0 Å². The average molecular weight is 261 g/mol. The van der Waals surface area contributed by atoms with Crippen LogP contribution in [0.3, 0.4) is 0 Å². The van der Waals surface area contributed by atoms with Crippen LogP contribution in [0, 0.1) is 0 Å². The number of hydrogen-bond acceptors (Lipinski definition) is 4. The second-order valence-electron chi connectivity index (χ2n) is 4.56. The molecule has 1 aliphatic heterocycles. The summed E-state index contributed by atoms with van der Waals surface area (Å²) in [5.74, 6) is -0.718. The zero-order chi connectivity index (χ0) is 14.0. The molecule has 19 heavy (non-hydrogen) atoms. The van der Waals surface area contributed by atoms with Crippen LogP contribution in [0.5, 0.6) is 0 Å². The lowest BCUT2D eigenvalue weighted by Crippen LogP contribution is -2.37. The largest absolute Gasteiger partial charge is 0.399 e. The van der Waals surface area contributed by atoms with Crippen LogP contribution in [0.2, 0.25) is 0 Å². The molecule has 2 rings (SSSR count). The summed E-state index contributed by atoms with van der Waals surface area (Å²) in [5.41, 5.74) is 12.6. The van der Waals surface area contributed by atoms with Crippen molar-refractivity contribution in [1.82, 2.24) is 4.90 Å². The molecule has 6 nitrogen and oxygen atoms in total. The highest BCUT2D eigenvalue weighted by molar-refractivity contribution is 6.00. The molecule has 0 spiro atoms. The Kier molecular flexibility index (Phi) is 3.50. The lowest BCUT2D eigenvalue weighted by Gasteiger charge is -2.22. The predicted octanol–water partition coefficient (Wildman–Crippen LogP) is 0.0576. The summed E-state index contributed by atoms with van der Waals surface area (Å²) in [5, 5.41) is 0. The number of nitrogens with zero attached hydrogens (tertiary/aromatic N) is 1. The molecule has 0 fully saturated rings. The molecule has 1 aliphatic rings. The smallest absolute Gasteiger partial charge is 0.255 e. The van der Waals surface area contributed by atoms with E-state index >= 15 is 0 Å². The second-order valence-corrected chi connectivity index (χ2v) is 4.56. The van der Waals surface area contributed by atoms with E-state index in [1.807, 2.05) is 0 Å². The van der Waals surface area contributed by atoms with Gasteiger partial charge < -0.3 is 21.2 Å². The second kappa shape index (κ2) is 5.09. The highest BCUT2D eigenvalue weighted by Crippen LogP contribution is 2.27. The van der Waals surface area contributed by atoms with Crippen LogP contribution >= 0.6 is 0 Å². The first-order valence-electron chi connectivity index (χ1n) is 5.96. The Morgan fingerprint density at radius 1 is 1.47 bits per heavy atom. The quantitative estimate of drug-likeness (QED) is 0.577. The number of hydrogen-bond donors (Lipinski definition) is 2. The van der Waals surface area contributed by atoms with Crippen LogP contribution in [0.4, 0.5) is 5.69 Å². The van der Waals surface area contributed by atoms with Crippen LogP contribution in [0.1, 0.15) is 28.8 Å². The van der Waals surface area contributed by atoms with Gasteiger partial charge in [-0.15, -0.1) is 0 Å². The fraction of sp³-hybridized carbons (Fsp3) is 0.308. The zero-order valence-electron chi connectivity index (χ0n) is 10.3. The fourth-order valence-corrected chi connectivity index (χ4v) is 2.20. The number of aldehydes is 1. The summed E-state index contributed by atoms with van der Waals surface area (Å²) in [6, 6.07) is 4.47. The number of benzene rings is 1. The predicted molar refractivity (Wildman–Crippen MR) is 69.0 cm³/mol. The van der Waals surface area contributed by atoms with Gasteiger partial charge in [-0.2, -0.15) is 0 Å². The first-order valence-corrected chi connectivity index (χ1v) is 5.96. The summed E-state index contributed by atoms with van der Waals surface area (Å²) in [4.78, 5) is 35.5. The molecule has 0 saturated heterocycles. The molecule has 1 unspecified atom stereocenters. The topological polar surface area (TPSA) is 106 Å². The fourth-order valence-electron chi connectivity index (χ4n) is 2.20. The zero-order valence-corrected chi connectivity index (χ0v) is 10.3. The lowest BCUT2D eigenvalue weighted by molar-refractivity contribution is -0.118. The van der Waals surface area contributed by atoms with Gasteiger partial charge in [0.05, 0.1) is 6.04 Å². The highest BCUT2D eigenvalue weighted by atomic mass is 16.2. The molecule has 6 heteroatoms. The number of anilines is 1. The van der Waals surface area contributed by atoms with Gasteiger partial charge in [-0.1, -0.05) is 6.07 Å². The van der Waals surface area contributed by atoms with Crippen molar-refractivity contribution in [3.8, 4) is 0 Å². The van der Waals surface area contributed by atoms with Crippen LogP contribution < -0.4 is 11.5 Å². The minimum absolute atomic E-state index is 0.0751. The third-order valence-electron chi connectivity index (χ3n) is 3.21. The minimum Gasteiger partial charge on any atom is -0.399 e. The Hall–Kier alpha value is -2.37. The Morgan fingerprint density at radius 2 is 2.21 bits per heavy atom. The van der Waals surface area contributed by atoms with Gasteiger partial charge in [-0.3, -0.25) is 9.59 Å². The molecule has 1 aromatic carbocycles. The highest BCUT2D eigenvalue weighted by Gasteiger charge is 2.32. The van der Waals surface area contributed by atoms with Crippen molar-refractivity contribution >= 4 is 23.8 Å². The number of rotatable bonds is 5. The Bertz CT molecular complexity index is 542. The van der Waals surface area contributed by atoms with Gasteiger partial charge in [0.1, 0.15) is 6.29 Å². The Labute approximate surface area is 110 Å². The van der Waals surface area contributed by atoms with Crippen LogP contribution in [-0.2, 0) is 16.1 Å². The molecule has 2 amide bonds. The van der Waals surface area contributed by atoms with Gasteiger partial charge in [0.2, 0.25) is 5.91 Å². The van der Waals surface area contributed by atoms with Gasteiger partial charge in [-0.05, 0) is 24.1 Å². The summed E-state index contributed by atoms with van der Waals surface area (Å²) in [7, 11) is 0. The number of carbonyl (C=O) groups excluding carboxylic acids is 3. The van der Waals surface area contributed by atoms with E-state index in [-0.39, 0.29) is 18.7 Å². The van der Waals surface area contributed by atoms with E-state index in [1.54, 1.807) is 18.2 Å². The Balaban J connectivity index is 2.17. The first kappa shape index (κ1) is 13.1. The van der Waals surface area contributed by atoms with E-state index in [9.17, 15) is 14.4 Å². The minimum atomic E-state index is -0.631. The van der Waals surface area contributed by atoms with Crippen molar-refractivity contribution < 1.29 is 14.4 Å². The van der Waals surface area contributed by atoms with Crippen LogP contribution in [0.15, 0.2) is 18.2 Å². The maximum Gasteiger partial charge on any atom is 0.255 e. The van der Waals surface area contributed by atoms with E-state index < -0.39 is 11.9 Å². The molecular weight excluding hydrogens is 246 g/mol. The molecule has 100 valence electrons. The molecule has 1 aromatic rings. The van der Waals surface area contributed by atoms with Crippen molar-refractivity contribution in [2.75, 3.05) is 5.73 Å². The molecule has 0 aromatic heterocycles. The van der Waals surface area contributed by atoms with Gasteiger partial charge in [0.15, 0.2) is 0 Å². The van der Waals surface area contributed by atoms with Crippen molar-refractivity contribution in [2.45, 2.75) is 25.4 Å². The van der Waals surface area contributed by atoms with E-state index in [4.69, 9.17) is 11.5 Å². The standard InChI is InChI=1S/C13H15N3O3/c14-9-2-1-8-6-16(13(19)11(8)5-9)10(7-17)3-4-12(15)18/h1-2,5,7,10H,3-4,6,14H2,(H2,15,18). The van der Waals surface area contributed by atoms with E-state index in [2.05, 4.69) is 0 Å². The summed E-state index contributed by atoms with van der Waals surface area (Å²) in [6.45, 7) is 0.358. The number of carbonyl (C=O) groups is 3. The number of primary amides is 1. The van der Waals surface area contributed by atoms with E-state index in [0.717, 1.165) is 5.56 Å².